The van der Waals surface area contributed by atoms with Crippen LogP contribution in [0.15, 0.2) is 59.8 Å². The number of hydrogen-bond donors (Lipinski definition) is 0. The number of thioether (sulfide) groups is 1. The Labute approximate surface area is 230 Å². The molecule has 6 heteroatoms. The van der Waals surface area contributed by atoms with E-state index >= 15 is 0 Å². The van der Waals surface area contributed by atoms with E-state index in [1.807, 2.05) is 18.2 Å². The molecule has 0 aliphatic heterocycles. The third-order valence-electron chi connectivity index (χ3n) is 9.32. The van der Waals surface area contributed by atoms with Gasteiger partial charge in [-0.1, -0.05) is 61.2 Å². The number of aromatic nitrogens is 3. The number of benzene rings is 2. The van der Waals surface area contributed by atoms with Crippen molar-refractivity contribution in [1.82, 2.24) is 14.8 Å². The van der Waals surface area contributed by atoms with Gasteiger partial charge in [-0.25, -0.2) is 0 Å². The Morgan fingerprint density at radius 3 is 2.21 bits per heavy atom. The van der Waals surface area contributed by atoms with Gasteiger partial charge in [-0.15, -0.1) is 10.2 Å². The highest BCUT2D eigenvalue weighted by Crippen LogP contribution is 2.61. The molecule has 4 bridgehead atoms. The SMILES string of the molecule is CCc1ccc(OCc2nnc(S[C@@H](C)C(=O)C34CC5CC(CC(C5)C3)C4)n2[C@H](C)c2ccccc2)cc1. The highest BCUT2D eigenvalue weighted by molar-refractivity contribution is 8.00. The van der Waals surface area contributed by atoms with Gasteiger partial charge in [0, 0.05) is 5.41 Å². The molecule has 0 saturated heterocycles. The van der Waals surface area contributed by atoms with Crippen molar-refractivity contribution in [2.45, 2.75) is 88.8 Å². The summed E-state index contributed by atoms with van der Waals surface area (Å²) in [6.45, 7) is 6.74. The summed E-state index contributed by atoms with van der Waals surface area (Å²) in [5.74, 6) is 4.33. The molecule has 2 atom stereocenters. The summed E-state index contributed by atoms with van der Waals surface area (Å²) in [7, 11) is 0. The molecule has 38 heavy (non-hydrogen) atoms. The predicted molar refractivity (Wildman–Crippen MR) is 151 cm³/mol. The van der Waals surface area contributed by atoms with E-state index in [9.17, 15) is 4.79 Å². The lowest BCUT2D eigenvalue weighted by molar-refractivity contribution is -0.143. The first-order chi connectivity index (χ1) is 18.4. The number of ketones is 1. The zero-order chi connectivity index (χ0) is 26.3. The Hall–Kier alpha value is -2.60. The van der Waals surface area contributed by atoms with Crippen molar-refractivity contribution in [2.75, 3.05) is 0 Å². The van der Waals surface area contributed by atoms with Gasteiger partial charge in [0.2, 0.25) is 0 Å². The van der Waals surface area contributed by atoms with E-state index in [1.54, 1.807) is 11.8 Å². The van der Waals surface area contributed by atoms with Gasteiger partial charge in [0.05, 0.1) is 11.3 Å². The van der Waals surface area contributed by atoms with Crippen LogP contribution in [-0.4, -0.2) is 25.8 Å². The summed E-state index contributed by atoms with van der Waals surface area (Å²) in [6, 6.07) is 18.7. The summed E-state index contributed by atoms with van der Waals surface area (Å²) in [6.07, 6.45) is 8.36. The van der Waals surface area contributed by atoms with Crippen LogP contribution in [0.3, 0.4) is 0 Å². The molecule has 0 unspecified atom stereocenters. The maximum Gasteiger partial charge on any atom is 0.192 e. The molecule has 4 saturated carbocycles. The van der Waals surface area contributed by atoms with Crippen molar-refractivity contribution < 1.29 is 9.53 Å². The van der Waals surface area contributed by atoms with E-state index in [0.29, 0.717) is 12.4 Å². The van der Waals surface area contributed by atoms with Gasteiger partial charge in [0.25, 0.3) is 0 Å². The maximum absolute atomic E-state index is 14.0. The van der Waals surface area contributed by atoms with Gasteiger partial charge in [0.1, 0.15) is 12.4 Å². The zero-order valence-corrected chi connectivity index (χ0v) is 23.6. The number of carbonyl (C=O) groups is 1. The quantitative estimate of drug-likeness (QED) is 0.258. The third kappa shape index (κ3) is 4.92. The summed E-state index contributed by atoms with van der Waals surface area (Å²) < 4.78 is 8.32. The molecule has 3 aromatic rings. The van der Waals surface area contributed by atoms with Crippen LogP contribution in [-0.2, 0) is 17.8 Å². The lowest BCUT2D eigenvalue weighted by Gasteiger charge is -2.56. The number of nitrogens with zero attached hydrogens (tertiary/aromatic N) is 3. The Bertz CT molecular complexity index is 1230. The zero-order valence-electron chi connectivity index (χ0n) is 22.8. The van der Waals surface area contributed by atoms with Crippen LogP contribution in [0, 0.1) is 23.2 Å². The Balaban J connectivity index is 1.24. The van der Waals surface area contributed by atoms with Crippen LogP contribution in [0.1, 0.15) is 82.3 Å². The fraction of sp³-hybridized carbons (Fsp3) is 0.531. The highest BCUT2D eigenvalue weighted by Gasteiger charge is 2.55. The minimum atomic E-state index is -0.146. The molecule has 0 radical (unpaired) electrons. The lowest BCUT2D eigenvalue weighted by Crippen LogP contribution is -2.51. The van der Waals surface area contributed by atoms with E-state index in [0.717, 1.165) is 60.2 Å². The summed E-state index contributed by atoms with van der Waals surface area (Å²) in [4.78, 5) is 14.0. The van der Waals surface area contributed by atoms with E-state index in [4.69, 9.17) is 4.74 Å². The second kappa shape index (κ2) is 10.5. The smallest absolute Gasteiger partial charge is 0.192 e. The molecule has 0 spiro atoms. The third-order valence-corrected chi connectivity index (χ3v) is 10.4. The van der Waals surface area contributed by atoms with E-state index < -0.39 is 0 Å². The monoisotopic (exact) mass is 529 g/mol. The molecule has 7 rings (SSSR count). The van der Waals surface area contributed by atoms with Crippen molar-refractivity contribution >= 4 is 17.5 Å². The maximum atomic E-state index is 14.0. The summed E-state index contributed by atoms with van der Waals surface area (Å²) in [5, 5.41) is 9.84. The van der Waals surface area contributed by atoms with Crippen LogP contribution >= 0.6 is 11.8 Å². The number of aryl methyl sites for hydroxylation is 1. The molecule has 2 aromatic carbocycles. The molecule has 4 aliphatic carbocycles. The average Bonchev–Trinajstić information content (AvgIpc) is 3.33. The van der Waals surface area contributed by atoms with Crippen molar-refractivity contribution in [3.8, 4) is 5.75 Å². The van der Waals surface area contributed by atoms with Crippen molar-refractivity contribution in [1.29, 1.82) is 0 Å². The molecule has 1 aromatic heterocycles. The molecule has 4 aliphatic rings. The van der Waals surface area contributed by atoms with Crippen LogP contribution in [0.5, 0.6) is 5.75 Å². The number of carbonyl (C=O) groups excluding carboxylic acids is 1. The summed E-state index contributed by atoms with van der Waals surface area (Å²) >= 11 is 1.58. The molecule has 200 valence electrons. The van der Waals surface area contributed by atoms with E-state index in [-0.39, 0.29) is 16.7 Å². The largest absolute Gasteiger partial charge is 0.486 e. The average molecular weight is 530 g/mol. The van der Waals surface area contributed by atoms with Crippen molar-refractivity contribution in [2.24, 2.45) is 23.2 Å². The Morgan fingerprint density at radius 1 is 0.974 bits per heavy atom. The molecule has 1 heterocycles. The van der Waals surface area contributed by atoms with E-state index in [2.05, 4.69) is 71.9 Å². The fourth-order valence-electron chi connectivity index (χ4n) is 7.78. The van der Waals surface area contributed by atoms with Gasteiger partial charge in [-0.05, 0) is 99.8 Å². The second-order valence-corrected chi connectivity index (χ2v) is 13.3. The number of ether oxygens (including phenoxy) is 1. The molecule has 0 amide bonds. The van der Waals surface area contributed by atoms with Crippen LogP contribution in [0.4, 0.5) is 0 Å². The predicted octanol–water partition coefficient (Wildman–Crippen LogP) is 7.29. The van der Waals surface area contributed by atoms with Gasteiger partial charge in [0.15, 0.2) is 16.8 Å². The first-order valence-corrected chi connectivity index (χ1v) is 15.2. The molecular weight excluding hydrogens is 490 g/mol. The van der Waals surface area contributed by atoms with Crippen molar-refractivity contribution in [3.63, 3.8) is 0 Å². The van der Waals surface area contributed by atoms with Crippen molar-refractivity contribution in [3.05, 3.63) is 71.5 Å². The lowest BCUT2D eigenvalue weighted by atomic mass is 9.48. The first-order valence-electron chi connectivity index (χ1n) is 14.4. The normalized spacial score (nSPS) is 27.3. The number of hydrogen-bond acceptors (Lipinski definition) is 5. The molecule has 4 fully saturated rings. The Kier molecular flexibility index (Phi) is 7.10. The summed E-state index contributed by atoms with van der Waals surface area (Å²) in [5.41, 5.74) is 2.37. The fourth-order valence-corrected chi connectivity index (χ4v) is 8.92. The minimum Gasteiger partial charge on any atom is -0.486 e. The van der Waals surface area contributed by atoms with Gasteiger partial charge < -0.3 is 4.74 Å². The second-order valence-electron chi connectivity index (χ2n) is 12.0. The van der Waals surface area contributed by atoms with Crippen LogP contribution in [0.25, 0.3) is 0 Å². The molecule has 5 nitrogen and oxygen atoms in total. The van der Waals surface area contributed by atoms with Crippen LogP contribution < -0.4 is 4.74 Å². The number of Topliss-reactive ketones (excluding diaryl/α,β-unsaturated/α-hetero) is 1. The first kappa shape index (κ1) is 25.7. The van der Waals surface area contributed by atoms with E-state index in [1.165, 1.54) is 30.4 Å². The topological polar surface area (TPSA) is 57.0 Å². The van der Waals surface area contributed by atoms with Crippen LogP contribution in [0.2, 0.25) is 0 Å². The van der Waals surface area contributed by atoms with Gasteiger partial charge in [-0.2, -0.15) is 0 Å². The minimum absolute atomic E-state index is 0.0246. The van der Waals surface area contributed by atoms with Gasteiger partial charge in [-0.3, -0.25) is 9.36 Å². The highest BCUT2D eigenvalue weighted by atomic mass is 32.2. The van der Waals surface area contributed by atoms with Gasteiger partial charge >= 0.3 is 0 Å². The Morgan fingerprint density at radius 2 is 1.61 bits per heavy atom. The number of rotatable bonds is 10. The molecule has 0 N–H and O–H groups in total. The molecular formula is C32H39N3O2S. The standard InChI is InChI=1S/C32H39N3O2S/c1-4-23-10-12-28(13-11-23)37-20-29-33-34-31(35(29)21(2)27-8-6-5-7-9-27)38-22(3)30(36)32-17-24-14-25(18-32)16-26(15-24)19-32/h5-13,21-22,24-26H,4,14-20H2,1-3H3/t21-,22+,24?,25?,26?,32?/m1/s1.